The Labute approximate surface area is 273 Å². The van der Waals surface area contributed by atoms with E-state index in [1.165, 1.54) is 103 Å². The molecule has 0 spiro atoms. The highest BCUT2D eigenvalue weighted by Crippen LogP contribution is 2.50. The normalized spacial score (nSPS) is 12.9. The van der Waals surface area contributed by atoms with Crippen LogP contribution in [0.5, 0.6) is 34.5 Å². The van der Waals surface area contributed by atoms with Gasteiger partial charge in [0.2, 0.25) is 11.5 Å². The van der Waals surface area contributed by atoms with Crippen molar-refractivity contribution in [1.82, 2.24) is 0 Å². The fourth-order valence-electron chi connectivity index (χ4n) is 5.18. The number of halogens is 2. The van der Waals surface area contributed by atoms with Gasteiger partial charge in [-0.1, -0.05) is 48.6 Å². The van der Waals surface area contributed by atoms with Crippen molar-refractivity contribution in [3.8, 4) is 34.5 Å². The summed E-state index contributed by atoms with van der Waals surface area (Å²) < 4.78 is 91.2. The lowest BCUT2D eigenvalue weighted by atomic mass is 10.1. The zero-order valence-corrected chi connectivity index (χ0v) is 27.6. The molecule has 8 nitrogen and oxygen atoms in total. The molecule has 248 valence electrons. The van der Waals surface area contributed by atoms with Crippen molar-refractivity contribution in [3.05, 3.63) is 119 Å². The van der Waals surface area contributed by atoms with Crippen molar-refractivity contribution in [3.63, 3.8) is 0 Å². The lowest BCUT2D eigenvalue weighted by Gasteiger charge is -2.26. The van der Waals surface area contributed by atoms with E-state index >= 15 is 8.42 Å². The van der Waals surface area contributed by atoms with Gasteiger partial charge in [-0.25, -0.2) is 17.2 Å². The first-order valence-electron chi connectivity index (χ1n) is 14.3. The van der Waals surface area contributed by atoms with Crippen molar-refractivity contribution in [2.45, 2.75) is 10.5 Å². The van der Waals surface area contributed by atoms with Gasteiger partial charge in [-0.15, -0.1) is 0 Å². The quantitative estimate of drug-likeness (QED) is 0.136. The molecule has 0 N–H and O–H groups in total. The van der Waals surface area contributed by atoms with E-state index in [9.17, 15) is 8.78 Å². The Morgan fingerprint density at radius 1 is 0.489 bits per heavy atom. The summed E-state index contributed by atoms with van der Waals surface area (Å²) in [7, 11) is 4.20. The minimum Gasteiger partial charge on any atom is -0.493 e. The van der Waals surface area contributed by atoms with Gasteiger partial charge in [0.05, 0.1) is 42.7 Å². The van der Waals surface area contributed by atoms with Crippen LogP contribution in [0, 0.1) is 11.6 Å². The third kappa shape index (κ3) is 7.52. The van der Waals surface area contributed by atoms with Crippen LogP contribution in [0.25, 0.3) is 12.2 Å². The number of hydrogen-bond acceptors (Lipinski definition) is 8. The smallest absolute Gasteiger partial charge is 0.203 e. The summed E-state index contributed by atoms with van der Waals surface area (Å²) in [5.74, 6) is 0.491. The maximum Gasteiger partial charge on any atom is 0.203 e. The summed E-state index contributed by atoms with van der Waals surface area (Å²) in [6, 6.07) is 17.6. The van der Waals surface area contributed by atoms with E-state index in [2.05, 4.69) is 0 Å². The summed E-state index contributed by atoms with van der Waals surface area (Å²) in [5.41, 5.74) is 1.63. The van der Waals surface area contributed by atoms with Gasteiger partial charge in [-0.3, -0.25) is 0 Å². The van der Waals surface area contributed by atoms with Gasteiger partial charge >= 0.3 is 0 Å². The molecule has 0 heterocycles. The summed E-state index contributed by atoms with van der Waals surface area (Å²) in [5, 5.41) is -2.72. The van der Waals surface area contributed by atoms with Crippen LogP contribution in [-0.2, 0) is 9.84 Å². The Morgan fingerprint density at radius 2 is 0.830 bits per heavy atom. The lowest BCUT2D eigenvalue weighted by Crippen LogP contribution is -2.20. The molecule has 0 fully saturated rings. The molecule has 0 aliphatic heterocycles. The molecule has 4 aromatic rings. The second kappa shape index (κ2) is 15.5. The molecule has 0 saturated carbocycles. The minimum atomic E-state index is -4.35. The highest BCUT2D eigenvalue weighted by Gasteiger charge is 2.38. The third-order valence-corrected chi connectivity index (χ3v) is 9.70. The summed E-state index contributed by atoms with van der Waals surface area (Å²) in [4.78, 5) is 0. The molecule has 11 heteroatoms. The van der Waals surface area contributed by atoms with E-state index in [0.29, 0.717) is 22.6 Å². The van der Waals surface area contributed by atoms with E-state index in [4.69, 9.17) is 28.4 Å². The molecule has 0 saturated heterocycles. The number of rotatable bonds is 14. The van der Waals surface area contributed by atoms with Crippen LogP contribution < -0.4 is 28.4 Å². The topological polar surface area (TPSA) is 89.5 Å². The maximum atomic E-state index is 15.1. The molecule has 0 amide bonds. The van der Waals surface area contributed by atoms with Crippen LogP contribution >= 0.6 is 0 Å². The van der Waals surface area contributed by atoms with Gasteiger partial charge in [-0.05, 0) is 59.7 Å². The molecule has 0 radical (unpaired) electrons. The van der Waals surface area contributed by atoms with E-state index in [1.807, 2.05) is 0 Å². The Balaban J connectivity index is 2.03. The molecular weight excluding hydrogens is 630 g/mol. The van der Waals surface area contributed by atoms with Crippen LogP contribution in [0.2, 0.25) is 0 Å². The lowest BCUT2D eigenvalue weighted by molar-refractivity contribution is 0.322. The Morgan fingerprint density at radius 3 is 1.13 bits per heavy atom. The van der Waals surface area contributed by atoms with Crippen LogP contribution in [0.3, 0.4) is 0 Å². The van der Waals surface area contributed by atoms with E-state index in [-0.39, 0.29) is 34.1 Å². The Hall–Kier alpha value is -5.03. The van der Waals surface area contributed by atoms with Gasteiger partial charge in [0.25, 0.3) is 0 Å². The molecule has 4 aromatic carbocycles. The zero-order valence-electron chi connectivity index (χ0n) is 26.8. The first-order valence-corrected chi connectivity index (χ1v) is 15.9. The van der Waals surface area contributed by atoms with Gasteiger partial charge in [0.15, 0.2) is 32.8 Å². The first kappa shape index (κ1) is 34.8. The van der Waals surface area contributed by atoms with Gasteiger partial charge in [0, 0.05) is 11.1 Å². The molecule has 2 atom stereocenters. The predicted molar refractivity (Wildman–Crippen MR) is 177 cm³/mol. The standard InChI is InChI=1S/C36H36F2O8S/c1-41-29-19-17-27(33(43-3)35(29)45-5)31(21-11-23-7-13-25(37)14-8-23)47(39,40)32(22-12-24-9-15-26(38)16-10-24)28-18-20-30(42-2)36(46-6)34(28)44-4/h7-22,31-32H,1-6H3. The summed E-state index contributed by atoms with van der Waals surface area (Å²) in [6.07, 6.45) is 6.17. The monoisotopic (exact) mass is 666 g/mol. The van der Waals surface area contributed by atoms with Gasteiger partial charge in [-0.2, -0.15) is 0 Å². The highest BCUT2D eigenvalue weighted by atomic mass is 32.2. The third-order valence-electron chi connectivity index (χ3n) is 7.46. The van der Waals surface area contributed by atoms with Crippen molar-refractivity contribution in [2.24, 2.45) is 0 Å². The van der Waals surface area contributed by atoms with E-state index in [0.717, 1.165) is 0 Å². The zero-order chi connectivity index (χ0) is 34.1. The van der Waals surface area contributed by atoms with Crippen molar-refractivity contribution in [2.75, 3.05) is 42.7 Å². The van der Waals surface area contributed by atoms with Crippen LogP contribution in [0.4, 0.5) is 8.78 Å². The van der Waals surface area contributed by atoms with E-state index in [1.54, 1.807) is 36.4 Å². The van der Waals surface area contributed by atoms with E-state index < -0.39 is 32.0 Å². The second-order valence-electron chi connectivity index (χ2n) is 10.1. The molecule has 2 unspecified atom stereocenters. The molecule has 0 aliphatic carbocycles. The number of sulfone groups is 1. The first-order chi connectivity index (χ1) is 22.6. The number of benzene rings is 4. The molecule has 4 rings (SSSR count). The molecule has 0 bridgehead atoms. The maximum absolute atomic E-state index is 15.1. The fourth-order valence-corrected chi connectivity index (χ4v) is 7.17. The number of methoxy groups -OCH3 is 6. The highest BCUT2D eigenvalue weighted by molar-refractivity contribution is 7.92. The van der Waals surface area contributed by atoms with Crippen LogP contribution in [-0.4, -0.2) is 51.1 Å². The Bertz CT molecular complexity index is 1710. The summed E-state index contributed by atoms with van der Waals surface area (Å²) >= 11 is 0. The van der Waals surface area contributed by atoms with Crippen molar-refractivity contribution < 1.29 is 45.6 Å². The SMILES string of the molecule is COc1ccc(C(C=Cc2ccc(F)cc2)S(=O)(=O)C(C=Cc2ccc(F)cc2)c2ccc(OC)c(OC)c2OC)c(OC)c1OC. The van der Waals surface area contributed by atoms with Crippen molar-refractivity contribution >= 4 is 22.0 Å². The van der Waals surface area contributed by atoms with Crippen LogP contribution in [0.15, 0.2) is 84.9 Å². The van der Waals surface area contributed by atoms with Crippen LogP contribution in [0.1, 0.15) is 32.8 Å². The fraction of sp³-hybridized carbons (Fsp3) is 0.222. The van der Waals surface area contributed by atoms with Gasteiger partial charge in [0.1, 0.15) is 22.1 Å². The average molecular weight is 667 g/mol. The number of ether oxygens (including phenoxy) is 6. The Kier molecular flexibility index (Phi) is 11.5. The van der Waals surface area contributed by atoms with Gasteiger partial charge < -0.3 is 28.4 Å². The number of hydrogen-bond donors (Lipinski definition) is 0. The molecule has 0 aliphatic rings. The largest absolute Gasteiger partial charge is 0.493 e. The summed E-state index contributed by atoms with van der Waals surface area (Å²) in [6.45, 7) is 0. The average Bonchev–Trinajstić information content (AvgIpc) is 3.08. The molecule has 47 heavy (non-hydrogen) atoms. The minimum absolute atomic E-state index is 0.143. The van der Waals surface area contributed by atoms with Crippen molar-refractivity contribution in [1.29, 1.82) is 0 Å². The second-order valence-corrected chi connectivity index (χ2v) is 12.3. The molecular formula is C36H36F2O8S. The molecule has 0 aromatic heterocycles. The predicted octanol–water partition coefficient (Wildman–Crippen LogP) is 7.64.